The van der Waals surface area contributed by atoms with Crippen molar-refractivity contribution >= 4 is 12.0 Å². The van der Waals surface area contributed by atoms with E-state index >= 15 is 0 Å². The highest BCUT2D eigenvalue weighted by molar-refractivity contribution is 5.82. The molecule has 2 atom stereocenters. The van der Waals surface area contributed by atoms with Crippen LogP contribution in [-0.2, 0) is 16.1 Å². The lowest BCUT2D eigenvalue weighted by atomic mass is 10.0. The molecule has 0 aromatic heterocycles. The number of nitrogens with zero attached hydrogens (tertiary/aromatic N) is 2. The molecule has 0 unspecified atom stereocenters. The molecular weight excluding hydrogens is 318 g/mol. The predicted molar refractivity (Wildman–Crippen MR) is 96.8 cm³/mol. The van der Waals surface area contributed by atoms with Crippen molar-refractivity contribution in [2.24, 2.45) is 11.7 Å². The predicted octanol–water partition coefficient (Wildman–Crippen LogP) is 2.23. The lowest BCUT2D eigenvalue weighted by Gasteiger charge is -2.31. The van der Waals surface area contributed by atoms with Crippen LogP contribution in [0.25, 0.3) is 0 Å². The van der Waals surface area contributed by atoms with Crippen molar-refractivity contribution in [1.29, 1.82) is 0 Å². The Morgan fingerprint density at radius 3 is 2.60 bits per heavy atom. The van der Waals surface area contributed by atoms with Gasteiger partial charge in [-0.25, -0.2) is 4.79 Å². The Bertz CT molecular complexity index is 577. The number of nitrogens with two attached hydrogens (primary N) is 1. The molecule has 6 nitrogen and oxygen atoms in total. The zero-order valence-corrected chi connectivity index (χ0v) is 15.4. The van der Waals surface area contributed by atoms with Gasteiger partial charge in [-0.1, -0.05) is 44.2 Å². The molecular formula is C19H29N3O3. The molecule has 0 radical (unpaired) electrons. The summed E-state index contributed by atoms with van der Waals surface area (Å²) in [6.07, 6.45) is 0.424. The van der Waals surface area contributed by atoms with Gasteiger partial charge in [-0.05, 0) is 24.8 Å². The van der Waals surface area contributed by atoms with Crippen molar-refractivity contribution in [1.82, 2.24) is 9.80 Å². The van der Waals surface area contributed by atoms with E-state index in [1.807, 2.05) is 51.1 Å². The van der Waals surface area contributed by atoms with Crippen LogP contribution in [0.4, 0.5) is 4.79 Å². The average molecular weight is 347 g/mol. The van der Waals surface area contributed by atoms with Gasteiger partial charge in [0.1, 0.15) is 6.61 Å². The van der Waals surface area contributed by atoms with Crippen LogP contribution in [0.1, 0.15) is 32.8 Å². The molecule has 1 heterocycles. The Hall–Kier alpha value is -2.08. The molecule has 2 N–H and O–H groups in total. The van der Waals surface area contributed by atoms with Gasteiger partial charge in [0.2, 0.25) is 5.91 Å². The van der Waals surface area contributed by atoms with Gasteiger partial charge < -0.3 is 20.3 Å². The second-order valence-corrected chi connectivity index (χ2v) is 6.82. The summed E-state index contributed by atoms with van der Waals surface area (Å²) in [5, 5.41) is 0. The summed E-state index contributed by atoms with van der Waals surface area (Å²) in [5.74, 6) is 0.0527. The number of hydrogen-bond donors (Lipinski definition) is 1. The van der Waals surface area contributed by atoms with Crippen LogP contribution in [0, 0.1) is 5.92 Å². The van der Waals surface area contributed by atoms with Gasteiger partial charge in [-0.15, -0.1) is 0 Å². The fourth-order valence-corrected chi connectivity index (χ4v) is 3.04. The second-order valence-electron chi connectivity index (χ2n) is 6.82. The first kappa shape index (κ1) is 19.2. The third-order valence-corrected chi connectivity index (χ3v) is 4.69. The molecule has 1 aromatic carbocycles. The van der Waals surface area contributed by atoms with Gasteiger partial charge >= 0.3 is 6.09 Å². The Morgan fingerprint density at radius 1 is 1.32 bits per heavy atom. The maximum Gasteiger partial charge on any atom is 0.410 e. The first-order valence-electron chi connectivity index (χ1n) is 8.95. The minimum atomic E-state index is -0.501. The summed E-state index contributed by atoms with van der Waals surface area (Å²) in [4.78, 5) is 28.3. The van der Waals surface area contributed by atoms with Crippen LogP contribution in [0.2, 0.25) is 0 Å². The van der Waals surface area contributed by atoms with Gasteiger partial charge in [0, 0.05) is 19.6 Å². The van der Waals surface area contributed by atoms with Gasteiger partial charge in [0.25, 0.3) is 0 Å². The van der Waals surface area contributed by atoms with Crippen molar-refractivity contribution < 1.29 is 14.3 Å². The summed E-state index contributed by atoms with van der Waals surface area (Å²) >= 11 is 0. The van der Waals surface area contributed by atoms with E-state index in [9.17, 15) is 9.59 Å². The van der Waals surface area contributed by atoms with E-state index in [2.05, 4.69) is 0 Å². The molecule has 1 aromatic rings. The number of amides is 2. The van der Waals surface area contributed by atoms with Gasteiger partial charge in [0.15, 0.2) is 0 Å². The zero-order chi connectivity index (χ0) is 18.4. The second kappa shape index (κ2) is 8.85. The van der Waals surface area contributed by atoms with Crippen LogP contribution in [0.15, 0.2) is 30.3 Å². The number of ether oxygens (including phenoxy) is 1. The zero-order valence-electron chi connectivity index (χ0n) is 15.4. The molecule has 0 spiro atoms. The quantitative estimate of drug-likeness (QED) is 0.856. The highest BCUT2D eigenvalue weighted by Gasteiger charge is 2.35. The fourth-order valence-electron chi connectivity index (χ4n) is 3.04. The molecule has 138 valence electrons. The molecule has 1 saturated heterocycles. The van der Waals surface area contributed by atoms with Crippen molar-refractivity contribution in [3.63, 3.8) is 0 Å². The fraction of sp³-hybridized carbons (Fsp3) is 0.579. The van der Waals surface area contributed by atoms with Crippen molar-refractivity contribution in [3.8, 4) is 0 Å². The number of hydrogen-bond acceptors (Lipinski definition) is 4. The summed E-state index contributed by atoms with van der Waals surface area (Å²) in [6, 6.07) is 9.10. The number of carbonyl (C=O) groups excluding carboxylic acids is 2. The summed E-state index contributed by atoms with van der Waals surface area (Å²) in [5.41, 5.74) is 6.97. The van der Waals surface area contributed by atoms with E-state index in [1.165, 1.54) is 0 Å². The molecule has 2 amide bonds. The van der Waals surface area contributed by atoms with E-state index in [-0.39, 0.29) is 30.6 Å². The van der Waals surface area contributed by atoms with E-state index in [0.29, 0.717) is 19.6 Å². The van der Waals surface area contributed by atoms with E-state index in [0.717, 1.165) is 12.0 Å². The van der Waals surface area contributed by atoms with Crippen LogP contribution in [-0.4, -0.2) is 53.5 Å². The Labute approximate surface area is 149 Å². The minimum Gasteiger partial charge on any atom is -0.445 e. The third kappa shape index (κ3) is 4.95. The molecule has 0 aliphatic carbocycles. The number of rotatable bonds is 6. The van der Waals surface area contributed by atoms with Crippen molar-refractivity contribution in [2.75, 3.05) is 19.6 Å². The Kier molecular flexibility index (Phi) is 6.82. The van der Waals surface area contributed by atoms with Crippen molar-refractivity contribution in [2.45, 2.75) is 45.9 Å². The maximum absolute atomic E-state index is 12.6. The van der Waals surface area contributed by atoms with Gasteiger partial charge in [-0.2, -0.15) is 0 Å². The molecule has 2 rings (SSSR count). The summed E-state index contributed by atoms with van der Waals surface area (Å²) in [6.45, 7) is 7.78. The number of likely N-dealkylation sites (N-methyl/N-ethyl adjacent to an activating group) is 1. The molecule has 6 heteroatoms. The third-order valence-electron chi connectivity index (χ3n) is 4.69. The molecule has 25 heavy (non-hydrogen) atoms. The molecule has 1 aliphatic heterocycles. The minimum absolute atomic E-state index is 0.00609. The monoisotopic (exact) mass is 347 g/mol. The Morgan fingerprint density at radius 2 is 2.00 bits per heavy atom. The number of benzene rings is 1. The van der Waals surface area contributed by atoms with Crippen molar-refractivity contribution in [3.05, 3.63) is 35.9 Å². The smallest absolute Gasteiger partial charge is 0.410 e. The molecule has 0 bridgehead atoms. The normalized spacial score (nSPS) is 18.3. The van der Waals surface area contributed by atoms with E-state index in [1.54, 1.807) is 9.80 Å². The van der Waals surface area contributed by atoms with E-state index in [4.69, 9.17) is 10.5 Å². The standard InChI is InChI=1S/C19H29N3O3/c1-4-22(18(23)17(20)14(2)3)16-10-11-21(12-16)19(24)25-13-15-8-6-5-7-9-15/h5-9,14,16-17H,4,10-13,20H2,1-3H3/t16-,17-/m0/s1. The first-order chi connectivity index (χ1) is 11.9. The van der Waals surface area contributed by atoms with Crippen LogP contribution >= 0.6 is 0 Å². The van der Waals surface area contributed by atoms with Crippen LogP contribution < -0.4 is 5.73 Å². The van der Waals surface area contributed by atoms with Gasteiger partial charge in [-0.3, -0.25) is 4.79 Å². The molecule has 1 aliphatic rings. The largest absolute Gasteiger partial charge is 0.445 e. The highest BCUT2D eigenvalue weighted by Crippen LogP contribution is 2.19. The van der Waals surface area contributed by atoms with E-state index < -0.39 is 6.04 Å². The average Bonchev–Trinajstić information content (AvgIpc) is 3.10. The van der Waals surface area contributed by atoms with Crippen LogP contribution in [0.3, 0.4) is 0 Å². The van der Waals surface area contributed by atoms with Gasteiger partial charge in [0.05, 0.1) is 12.1 Å². The number of carbonyl (C=O) groups is 2. The Balaban J connectivity index is 1.88. The SMILES string of the molecule is CCN(C(=O)[C@@H](N)C(C)C)[C@H]1CCN(C(=O)OCc2ccccc2)C1. The first-order valence-corrected chi connectivity index (χ1v) is 8.95. The summed E-state index contributed by atoms with van der Waals surface area (Å²) in [7, 11) is 0. The highest BCUT2D eigenvalue weighted by atomic mass is 16.6. The summed E-state index contributed by atoms with van der Waals surface area (Å²) < 4.78 is 5.38. The lowest BCUT2D eigenvalue weighted by molar-refractivity contribution is -0.135. The molecule has 1 fully saturated rings. The maximum atomic E-state index is 12.6. The topological polar surface area (TPSA) is 75.9 Å². The number of likely N-dealkylation sites (tertiary alicyclic amines) is 1. The van der Waals surface area contributed by atoms with Crippen LogP contribution in [0.5, 0.6) is 0 Å². The molecule has 0 saturated carbocycles. The lowest BCUT2D eigenvalue weighted by Crippen LogP contribution is -2.51.